The lowest BCUT2D eigenvalue weighted by atomic mass is 10.3. The predicted molar refractivity (Wildman–Crippen MR) is 89.0 cm³/mol. The average molecular weight is 318 g/mol. The lowest BCUT2D eigenvalue weighted by molar-refractivity contribution is 1.28. The van der Waals surface area contributed by atoms with Gasteiger partial charge in [0, 0.05) is 23.2 Å². The van der Waals surface area contributed by atoms with Crippen LogP contribution in [0.3, 0.4) is 0 Å². The van der Waals surface area contributed by atoms with Crippen LogP contribution in [0, 0.1) is 0 Å². The summed E-state index contributed by atoms with van der Waals surface area (Å²) >= 11 is 8.55. The fourth-order valence-corrected chi connectivity index (χ4v) is 3.26. The van der Waals surface area contributed by atoms with Gasteiger partial charge in [-0.25, -0.2) is 9.97 Å². The quantitative estimate of drug-likeness (QED) is 0.735. The Bertz CT molecular complexity index is 665. The van der Waals surface area contributed by atoms with Gasteiger partial charge in [0.2, 0.25) is 0 Å². The minimum atomic E-state index is 0.557. The molecule has 2 aromatic heterocycles. The molecule has 20 heavy (non-hydrogen) atoms. The van der Waals surface area contributed by atoms with E-state index in [2.05, 4.69) is 15.3 Å². The van der Waals surface area contributed by atoms with E-state index in [1.165, 1.54) is 22.7 Å². The van der Waals surface area contributed by atoms with Crippen molar-refractivity contribution in [2.75, 3.05) is 10.2 Å². The molecule has 0 aliphatic rings. The van der Waals surface area contributed by atoms with Crippen molar-refractivity contribution in [1.82, 2.24) is 9.97 Å². The molecule has 0 fully saturated rings. The molecule has 100 valence electrons. The highest BCUT2D eigenvalue weighted by Crippen LogP contribution is 2.28. The van der Waals surface area contributed by atoms with Gasteiger partial charge in [-0.1, -0.05) is 18.2 Å². The normalized spacial score (nSPS) is 10.2. The molecule has 0 saturated carbocycles. The summed E-state index contributed by atoms with van der Waals surface area (Å²) in [5.41, 5.74) is 0.969. The van der Waals surface area contributed by atoms with E-state index in [-0.39, 0.29) is 0 Å². The molecule has 0 aliphatic heterocycles. The fraction of sp³-hybridized carbons (Fsp3) is 0. The molecule has 3 rings (SSSR count). The zero-order valence-electron chi connectivity index (χ0n) is 10.3. The van der Waals surface area contributed by atoms with Gasteiger partial charge in [0.1, 0.15) is 0 Å². The van der Waals surface area contributed by atoms with E-state index in [1.54, 1.807) is 12.4 Å². The molecule has 0 radical (unpaired) electrons. The van der Waals surface area contributed by atoms with Gasteiger partial charge in [0.05, 0.1) is 5.69 Å². The van der Waals surface area contributed by atoms with Crippen molar-refractivity contribution < 1.29 is 0 Å². The highest BCUT2D eigenvalue weighted by molar-refractivity contribution is 7.81. The fourth-order valence-electron chi connectivity index (χ4n) is 1.65. The first kappa shape index (κ1) is 13.2. The van der Waals surface area contributed by atoms with Crippen molar-refractivity contribution in [3.05, 3.63) is 53.5 Å². The average Bonchev–Trinajstić information content (AvgIpc) is 3.14. The molecule has 0 unspecified atom stereocenters. The Morgan fingerprint density at radius 2 is 1.80 bits per heavy atom. The maximum atomic E-state index is 5.50. The lowest BCUT2D eigenvalue weighted by Gasteiger charge is -2.22. The SMILES string of the molecule is S=C(Nc1nccs1)N(c1ccccc1)c1nccs1. The lowest BCUT2D eigenvalue weighted by Crippen LogP contribution is -2.30. The third-order valence-corrected chi connectivity index (χ3v) is 4.20. The molecule has 3 aromatic rings. The van der Waals surface area contributed by atoms with Crippen molar-refractivity contribution in [1.29, 1.82) is 0 Å². The highest BCUT2D eigenvalue weighted by atomic mass is 32.1. The summed E-state index contributed by atoms with van der Waals surface area (Å²) in [5.74, 6) is 0. The second kappa shape index (κ2) is 6.08. The summed E-state index contributed by atoms with van der Waals surface area (Å²) in [6.07, 6.45) is 3.51. The second-order valence-corrected chi connectivity index (χ2v) is 5.91. The van der Waals surface area contributed by atoms with Crippen molar-refractivity contribution in [2.45, 2.75) is 0 Å². The van der Waals surface area contributed by atoms with Gasteiger partial charge < -0.3 is 5.32 Å². The monoisotopic (exact) mass is 318 g/mol. The van der Waals surface area contributed by atoms with Gasteiger partial charge in [-0.3, -0.25) is 4.90 Å². The second-order valence-electron chi connectivity index (χ2n) is 3.75. The molecule has 0 saturated heterocycles. The van der Waals surface area contributed by atoms with E-state index in [9.17, 15) is 0 Å². The molecular formula is C13H10N4S3. The summed E-state index contributed by atoms with van der Waals surface area (Å²) in [4.78, 5) is 10.4. The van der Waals surface area contributed by atoms with Gasteiger partial charge in [-0.05, 0) is 24.4 Å². The van der Waals surface area contributed by atoms with E-state index in [1.807, 2.05) is 46.0 Å². The number of nitrogens with zero attached hydrogens (tertiary/aromatic N) is 3. The molecular weight excluding hydrogens is 308 g/mol. The number of thiazole rings is 2. The smallest absolute Gasteiger partial charge is 0.196 e. The standard InChI is InChI=1S/C13H10N4S3/c18-12(16-11-14-6-8-19-11)17(13-15-7-9-20-13)10-4-2-1-3-5-10/h1-9H,(H,14,16,18). The number of aromatic nitrogens is 2. The number of rotatable bonds is 3. The summed E-state index contributed by atoms with van der Waals surface area (Å²) in [5, 5.41) is 9.12. The maximum Gasteiger partial charge on any atom is 0.196 e. The molecule has 1 aromatic carbocycles. The van der Waals surface area contributed by atoms with Crippen LogP contribution in [0.4, 0.5) is 16.0 Å². The highest BCUT2D eigenvalue weighted by Gasteiger charge is 2.17. The van der Waals surface area contributed by atoms with Crippen LogP contribution in [0.15, 0.2) is 53.5 Å². The molecule has 7 heteroatoms. The van der Waals surface area contributed by atoms with E-state index >= 15 is 0 Å². The van der Waals surface area contributed by atoms with Gasteiger partial charge in [-0.15, -0.1) is 22.7 Å². The summed E-state index contributed by atoms with van der Waals surface area (Å²) in [7, 11) is 0. The van der Waals surface area contributed by atoms with Crippen molar-refractivity contribution in [2.24, 2.45) is 0 Å². The van der Waals surface area contributed by atoms with Crippen LogP contribution in [-0.4, -0.2) is 15.1 Å². The Balaban J connectivity index is 1.92. The van der Waals surface area contributed by atoms with Crippen LogP contribution in [0.25, 0.3) is 0 Å². The number of para-hydroxylation sites is 1. The largest absolute Gasteiger partial charge is 0.308 e. The van der Waals surface area contributed by atoms with Gasteiger partial charge >= 0.3 is 0 Å². The van der Waals surface area contributed by atoms with Crippen molar-refractivity contribution in [3.8, 4) is 0 Å². The van der Waals surface area contributed by atoms with Gasteiger partial charge in [0.15, 0.2) is 15.4 Å². The first-order chi connectivity index (χ1) is 9.84. The molecule has 0 aliphatic carbocycles. The summed E-state index contributed by atoms with van der Waals surface area (Å²) < 4.78 is 0. The van der Waals surface area contributed by atoms with Crippen LogP contribution in [0.5, 0.6) is 0 Å². The van der Waals surface area contributed by atoms with Crippen molar-refractivity contribution >= 4 is 56.0 Å². The number of nitrogens with one attached hydrogen (secondary N) is 1. The van der Waals surface area contributed by atoms with E-state index in [0.717, 1.165) is 16.0 Å². The third kappa shape index (κ3) is 2.84. The molecule has 0 bridgehead atoms. The van der Waals surface area contributed by atoms with E-state index in [0.29, 0.717) is 5.11 Å². The minimum absolute atomic E-state index is 0.557. The van der Waals surface area contributed by atoms with Gasteiger partial charge in [0.25, 0.3) is 0 Å². The molecule has 1 N–H and O–H groups in total. The Labute approximate surface area is 129 Å². The van der Waals surface area contributed by atoms with Crippen molar-refractivity contribution in [3.63, 3.8) is 0 Å². The van der Waals surface area contributed by atoms with Crippen LogP contribution >= 0.6 is 34.9 Å². The van der Waals surface area contributed by atoms with Crippen LogP contribution in [-0.2, 0) is 0 Å². The summed E-state index contributed by atoms with van der Waals surface area (Å²) in [6.45, 7) is 0. The number of anilines is 3. The number of benzene rings is 1. The number of hydrogen-bond acceptors (Lipinski definition) is 5. The first-order valence-corrected chi connectivity index (χ1v) is 7.96. The molecule has 0 atom stereocenters. The van der Waals surface area contributed by atoms with Crippen LogP contribution in [0.1, 0.15) is 0 Å². The first-order valence-electron chi connectivity index (χ1n) is 5.80. The number of hydrogen-bond donors (Lipinski definition) is 1. The Morgan fingerprint density at radius 1 is 1.05 bits per heavy atom. The molecule has 4 nitrogen and oxygen atoms in total. The molecule has 0 amide bonds. The van der Waals surface area contributed by atoms with Crippen LogP contribution < -0.4 is 10.2 Å². The molecule has 0 spiro atoms. The minimum Gasteiger partial charge on any atom is -0.308 e. The number of thiocarbonyl (C=S) groups is 1. The molecule has 2 heterocycles. The predicted octanol–water partition coefficient (Wildman–Crippen LogP) is 4.13. The summed E-state index contributed by atoms with van der Waals surface area (Å²) in [6, 6.07) is 9.92. The Hall–Kier alpha value is -1.83. The topological polar surface area (TPSA) is 41.1 Å². The van der Waals surface area contributed by atoms with E-state index < -0.39 is 0 Å². The zero-order valence-corrected chi connectivity index (χ0v) is 12.7. The Morgan fingerprint density at radius 3 is 2.45 bits per heavy atom. The van der Waals surface area contributed by atoms with Gasteiger partial charge in [-0.2, -0.15) is 0 Å². The Kier molecular flexibility index (Phi) is 4.00. The van der Waals surface area contributed by atoms with Crippen LogP contribution in [0.2, 0.25) is 0 Å². The maximum absolute atomic E-state index is 5.50. The third-order valence-electron chi connectivity index (χ3n) is 2.47. The zero-order chi connectivity index (χ0) is 13.8. The van der Waals surface area contributed by atoms with E-state index in [4.69, 9.17) is 12.2 Å².